The van der Waals surface area contributed by atoms with E-state index in [1.165, 1.54) is 0 Å². The highest BCUT2D eigenvalue weighted by Gasteiger charge is 2.22. The van der Waals surface area contributed by atoms with Gasteiger partial charge in [0.15, 0.2) is 0 Å². The monoisotopic (exact) mass is 285 g/mol. The Morgan fingerprint density at radius 3 is 2.24 bits per heavy atom. The fourth-order valence-electron chi connectivity index (χ4n) is 2.57. The first kappa shape index (κ1) is 13.8. The van der Waals surface area contributed by atoms with E-state index in [2.05, 4.69) is 24.8 Å². The molecule has 2 aromatic heterocycles. The molecule has 2 aromatic rings. The molecule has 6 nitrogen and oxygen atoms in total. The third-order valence-electron chi connectivity index (χ3n) is 3.68. The Bertz CT molecular complexity index is 582. The summed E-state index contributed by atoms with van der Waals surface area (Å²) in [6.07, 6.45) is 4.79. The van der Waals surface area contributed by atoms with E-state index in [9.17, 15) is 5.11 Å². The van der Waals surface area contributed by atoms with E-state index < -0.39 is 6.10 Å². The Hall–Kier alpha value is -2.21. The van der Waals surface area contributed by atoms with Gasteiger partial charge in [0.05, 0.1) is 6.10 Å². The first-order chi connectivity index (χ1) is 10.3. The second-order valence-electron chi connectivity index (χ2n) is 5.12. The van der Waals surface area contributed by atoms with Gasteiger partial charge in [0.2, 0.25) is 5.95 Å². The van der Waals surface area contributed by atoms with Crippen molar-refractivity contribution in [3.8, 4) is 0 Å². The van der Waals surface area contributed by atoms with Gasteiger partial charge in [-0.15, -0.1) is 0 Å². The molecule has 1 unspecified atom stereocenters. The Balaban J connectivity index is 1.72. The maximum absolute atomic E-state index is 9.87. The van der Waals surface area contributed by atoms with Crippen LogP contribution < -0.4 is 9.80 Å². The number of piperazine rings is 1. The average molecular weight is 285 g/mol. The van der Waals surface area contributed by atoms with Gasteiger partial charge in [-0.1, -0.05) is 6.07 Å². The Labute approximate surface area is 124 Å². The summed E-state index contributed by atoms with van der Waals surface area (Å²) >= 11 is 0. The van der Waals surface area contributed by atoms with Gasteiger partial charge in [-0.05, 0) is 19.1 Å². The summed E-state index contributed by atoms with van der Waals surface area (Å²) in [5, 5.41) is 9.87. The van der Waals surface area contributed by atoms with Crippen molar-refractivity contribution in [3.63, 3.8) is 0 Å². The van der Waals surface area contributed by atoms with Crippen molar-refractivity contribution >= 4 is 11.8 Å². The number of pyridine rings is 1. The van der Waals surface area contributed by atoms with Gasteiger partial charge in [-0.3, -0.25) is 0 Å². The molecule has 0 aliphatic carbocycles. The molecule has 0 amide bonds. The molecule has 1 fully saturated rings. The summed E-state index contributed by atoms with van der Waals surface area (Å²) in [6.45, 7) is 5.15. The number of aromatic nitrogens is 3. The van der Waals surface area contributed by atoms with E-state index in [-0.39, 0.29) is 0 Å². The Morgan fingerprint density at radius 1 is 0.952 bits per heavy atom. The minimum atomic E-state index is -0.510. The summed E-state index contributed by atoms with van der Waals surface area (Å²) in [5.74, 6) is 1.65. The maximum Gasteiger partial charge on any atom is 0.225 e. The fraction of sp³-hybridized carbons (Fsp3) is 0.400. The Morgan fingerprint density at radius 2 is 1.57 bits per heavy atom. The summed E-state index contributed by atoms with van der Waals surface area (Å²) < 4.78 is 0. The van der Waals surface area contributed by atoms with Crippen LogP contribution in [-0.2, 0) is 0 Å². The summed E-state index contributed by atoms with van der Waals surface area (Å²) in [4.78, 5) is 17.4. The molecule has 0 saturated carbocycles. The van der Waals surface area contributed by atoms with Gasteiger partial charge in [-0.25, -0.2) is 15.0 Å². The van der Waals surface area contributed by atoms with Crippen LogP contribution >= 0.6 is 0 Å². The zero-order valence-electron chi connectivity index (χ0n) is 12.1. The minimum Gasteiger partial charge on any atom is -0.389 e. The van der Waals surface area contributed by atoms with Crippen LogP contribution in [0.2, 0.25) is 0 Å². The van der Waals surface area contributed by atoms with Crippen LogP contribution in [0.15, 0.2) is 36.8 Å². The van der Waals surface area contributed by atoms with Gasteiger partial charge < -0.3 is 14.9 Å². The second kappa shape index (κ2) is 6.05. The predicted octanol–water partition coefficient (Wildman–Crippen LogP) is 1.25. The summed E-state index contributed by atoms with van der Waals surface area (Å²) in [7, 11) is 0. The van der Waals surface area contributed by atoms with Gasteiger partial charge in [-0.2, -0.15) is 0 Å². The van der Waals surface area contributed by atoms with Crippen LogP contribution in [0.1, 0.15) is 18.6 Å². The highest BCUT2D eigenvalue weighted by molar-refractivity contribution is 5.49. The zero-order valence-corrected chi connectivity index (χ0v) is 12.1. The molecule has 1 N–H and O–H groups in total. The molecule has 1 aliphatic heterocycles. The molecule has 0 spiro atoms. The first-order valence-electron chi connectivity index (χ1n) is 7.15. The molecule has 1 saturated heterocycles. The molecule has 3 heterocycles. The first-order valence-corrected chi connectivity index (χ1v) is 7.15. The van der Waals surface area contributed by atoms with Crippen molar-refractivity contribution in [2.24, 2.45) is 0 Å². The molecular weight excluding hydrogens is 266 g/mol. The van der Waals surface area contributed by atoms with E-state index in [1.807, 2.05) is 18.2 Å². The molecule has 1 aliphatic rings. The molecule has 0 bridgehead atoms. The van der Waals surface area contributed by atoms with Crippen molar-refractivity contribution in [2.45, 2.75) is 13.0 Å². The second-order valence-corrected chi connectivity index (χ2v) is 5.12. The largest absolute Gasteiger partial charge is 0.389 e. The third kappa shape index (κ3) is 2.95. The molecule has 0 radical (unpaired) electrons. The molecular formula is C15H19N5O. The average Bonchev–Trinajstić information content (AvgIpc) is 2.56. The number of hydrogen-bond donors (Lipinski definition) is 1. The number of rotatable bonds is 3. The number of nitrogens with zero attached hydrogens (tertiary/aromatic N) is 5. The molecule has 1 atom stereocenters. The lowest BCUT2D eigenvalue weighted by Gasteiger charge is -2.36. The van der Waals surface area contributed by atoms with Crippen LogP contribution in [0, 0.1) is 0 Å². The number of aliphatic hydroxyl groups excluding tert-OH is 1. The number of hydrogen-bond acceptors (Lipinski definition) is 6. The van der Waals surface area contributed by atoms with Crippen LogP contribution in [0.5, 0.6) is 0 Å². The van der Waals surface area contributed by atoms with E-state index >= 15 is 0 Å². The molecule has 3 rings (SSSR count). The molecule has 110 valence electrons. The lowest BCUT2D eigenvalue weighted by atomic mass is 10.1. The van der Waals surface area contributed by atoms with E-state index in [4.69, 9.17) is 0 Å². The fourth-order valence-corrected chi connectivity index (χ4v) is 2.57. The van der Waals surface area contributed by atoms with Crippen LogP contribution in [0.3, 0.4) is 0 Å². The van der Waals surface area contributed by atoms with Crippen LogP contribution in [0.4, 0.5) is 11.8 Å². The quantitative estimate of drug-likeness (QED) is 0.915. The number of aliphatic hydroxyl groups is 1. The van der Waals surface area contributed by atoms with Crippen molar-refractivity contribution in [1.82, 2.24) is 15.0 Å². The minimum absolute atomic E-state index is 0.510. The lowest BCUT2D eigenvalue weighted by Crippen LogP contribution is -2.47. The van der Waals surface area contributed by atoms with E-state index in [1.54, 1.807) is 25.5 Å². The normalized spacial score (nSPS) is 16.9. The maximum atomic E-state index is 9.87. The number of anilines is 2. The van der Waals surface area contributed by atoms with E-state index in [0.717, 1.165) is 43.5 Å². The van der Waals surface area contributed by atoms with Crippen LogP contribution in [0.25, 0.3) is 0 Å². The van der Waals surface area contributed by atoms with Gasteiger partial charge in [0.1, 0.15) is 5.82 Å². The topological polar surface area (TPSA) is 65.4 Å². The SMILES string of the molecule is CC(O)c1cccnc1N1CCN(c2ncccn2)CC1. The van der Waals surface area contributed by atoms with Crippen molar-refractivity contribution in [3.05, 3.63) is 42.4 Å². The third-order valence-corrected chi connectivity index (χ3v) is 3.68. The van der Waals surface area contributed by atoms with Gasteiger partial charge in [0.25, 0.3) is 0 Å². The van der Waals surface area contributed by atoms with Gasteiger partial charge in [0, 0.05) is 50.3 Å². The zero-order chi connectivity index (χ0) is 14.7. The standard InChI is InChI=1S/C15H19N5O/c1-12(21)13-4-2-5-16-14(13)19-8-10-20(11-9-19)15-17-6-3-7-18-15/h2-7,12,21H,8-11H2,1H3. The molecule has 0 aromatic carbocycles. The van der Waals surface area contributed by atoms with Gasteiger partial charge >= 0.3 is 0 Å². The molecule has 6 heteroatoms. The van der Waals surface area contributed by atoms with E-state index in [0.29, 0.717) is 0 Å². The van der Waals surface area contributed by atoms with Crippen molar-refractivity contribution in [2.75, 3.05) is 36.0 Å². The summed E-state index contributed by atoms with van der Waals surface area (Å²) in [5.41, 5.74) is 0.877. The predicted molar refractivity (Wildman–Crippen MR) is 81.3 cm³/mol. The highest BCUT2D eigenvalue weighted by Crippen LogP contribution is 2.25. The van der Waals surface area contributed by atoms with Crippen molar-refractivity contribution < 1.29 is 5.11 Å². The lowest BCUT2D eigenvalue weighted by molar-refractivity contribution is 0.199. The highest BCUT2D eigenvalue weighted by atomic mass is 16.3. The van der Waals surface area contributed by atoms with Crippen molar-refractivity contribution in [1.29, 1.82) is 0 Å². The summed E-state index contributed by atoms with van der Waals surface area (Å²) in [6, 6.07) is 5.61. The smallest absolute Gasteiger partial charge is 0.225 e. The Kier molecular flexibility index (Phi) is 3.96. The van der Waals surface area contributed by atoms with Crippen LogP contribution in [-0.4, -0.2) is 46.2 Å². The molecule has 21 heavy (non-hydrogen) atoms.